The number of carbonyl (C=O) groups is 1. The molecule has 0 amide bonds. The first-order valence-corrected chi connectivity index (χ1v) is 7.08. The molecule has 0 aromatic rings. The van der Waals surface area contributed by atoms with E-state index < -0.39 is 5.54 Å². The molecular weight excluding hydrogens is 246 g/mol. The maximum Gasteiger partial charge on any atom is 0.325 e. The molecule has 0 radical (unpaired) electrons. The minimum atomic E-state index is -0.695. The Labute approximate surface area is 116 Å². The van der Waals surface area contributed by atoms with Gasteiger partial charge in [0, 0.05) is 13.0 Å². The lowest BCUT2D eigenvalue weighted by molar-refractivity contribution is -0.149. The second kappa shape index (κ2) is 7.82. The van der Waals surface area contributed by atoms with Gasteiger partial charge in [-0.25, -0.2) is 0 Å². The van der Waals surface area contributed by atoms with Gasteiger partial charge in [0.15, 0.2) is 0 Å². The lowest BCUT2D eigenvalue weighted by Crippen LogP contribution is -2.52. The zero-order valence-corrected chi connectivity index (χ0v) is 12.5. The molecule has 1 saturated heterocycles. The first-order valence-electron chi connectivity index (χ1n) is 7.08. The van der Waals surface area contributed by atoms with Crippen LogP contribution in [0, 0.1) is 0 Å². The molecule has 1 rings (SSSR count). The predicted molar refractivity (Wildman–Crippen MR) is 73.1 cm³/mol. The lowest BCUT2D eigenvalue weighted by atomic mass is 9.94. The van der Waals surface area contributed by atoms with Crippen LogP contribution in [-0.2, 0) is 19.0 Å². The monoisotopic (exact) mass is 273 g/mol. The molecule has 5 nitrogen and oxygen atoms in total. The maximum atomic E-state index is 11.9. The summed E-state index contributed by atoms with van der Waals surface area (Å²) in [4.78, 5) is 11.9. The summed E-state index contributed by atoms with van der Waals surface area (Å²) in [6, 6.07) is 0. The lowest BCUT2D eigenvalue weighted by Gasteiger charge is -2.30. The fraction of sp³-hybridized carbons (Fsp3) is 0.929. The third-order valence-corrected chi connectivity index (χ3v) is 3.49. The van der Waals surface area contributed by atoms with Crippen LogP contribution in [0.5, 0.6) is 0 Å². The second-order valence-corrected chi connectivity index (χ2v) is 5.34. The van der Waals surface area contributed by atoms with E-state index in [2.05, 4.69) is 5.32 Å². The fourth-order valence-corrected chi connectivity index (χ4v) is 2.52. The van der Waals surface area contributed by atoms with Gasteiger partial charge in [-0.05, 0) is 33.2 Å². The Kier molecular flexibility index (Phi) is 6.75. The molecule has 1 heterocycles. The Morgan fingerprint density at radius 1 is 1.58 bits per heavy atom. The number of rotatable bonds is 8. The van der Waals surface area contributed by atoms with Gasteiger partial charge in [0.25, 0.3) is 0 Å². The quantitative estimate of drug-likeness (QED) is 0.679. The highest BCUT2D eigenvalue weighted by atomic mass is 16.5. The van der Waals surface area contributed by atoms with Gasteiger partial charge >= 0.3 is 5.97 Å². The van der Waals surface area contributed by atoms with E-state index in [9.17, 15) is 4.79 Å². The van der Waals surface area contributed by atoms with Gasteiger partial charge < -0.3 is 19.5 Å². The standard InChI is InChI=1S/C14H27NO4/c1-5-15-14(3,13(16)17-4)9-11(2)19-10-12-7-6-8-18-12/h11-12,15H,5-10H2,1-4H3. The summed E-state index contributed by atoms with van der Waals surface area (Å²) in [5, 5.41) is 3.18. The summed E-state index contributed by atoms with van der Waals surface area (Å²) >= 11 is 0. The van der Waals surface area contributed by atoms with E-state index >= 15 is 0 Å². The number of likely N-dealkylation sites (N-methyl/N-ethyl adjacent to an activating group) is 1. The van der Waals surface area contributed by atoms with Crippen molar-refractivity contribution in [1.29, 1.82) is 0 Å². The van der Waals surface area contributed by atoms with Crippen molar-refractivity contribution in [2.24, 2.45) is 0 Å². The van der Waals surface area contributed by atoms with Crippen LogP contribution in [-0.4, -0.2) is 50.6 Å². The molecule has 0 spiro atoms. The predicted octanol–water partition coefficient (Wildman–Crippen LogP) is 1.50. The molecule has 1 aliphatic rings. The van der Waals surface area contributed by atoms with Crippen molar-refractivity contribution < 1.29 is 19.0 Å². The van der Waals surface area contributed by atoms with Gasteiger partial charge in [-0.15, -0.1) is 0 Å². The molecule has 0 saturated carbocycles. The van der Waals surface area contributed by atoms with Crippen molar-refractivity contribution >= 4 is 5.97 Å². The van der Waals surface area contributed by atoms with Crippen molar-refractivity contribution in [3.63, 3.8) is 0 Å². The van der Waals surface area contributed by atoms with Gasteiger partial charge in [0.05, 0.1) is 25.9 Å². The molecular formula is C14H27NO4. The molecule has 0 bridgehead atoms. The van der Waals surface area contributed by atoms with Crippen LogP contribution in [0.25, 0.3) is 0 Å². The zero-order chi connectivity index (χ0) is 14.3. The summed E-state index contributed by atoms with van der Waals surface area (Å²) in [6.45, 7) is 7.95. The van der Waals surface area contributed by atoms with Crippen molar-refractivity contribution in [2.75, 3.05) is 26.9 Å². The van der Waals surface area contributed by atoms with Crippen molar-refractivity contribution in [1.82, 2.24) is 5.32 Å². The number of esters is 1. The van der Waals surface area contributed by atoms with Crippen LogP contribution in [0.4, 0.5) is 0 Å². The van der Waals surface area contributed by atoms with Crippen molar-refractivity contribution in [2.45, 2.75) is 57.8 Å². The van der Waals surface area contributed by atoms with E-state index in [1.807, 2.05) is 20.8 Å². The van der Waals surface area contributed by atoms with Gasteiger partial charge in [-0.3, -0.25) is 4.79 Å². The molecule has 19 heavy (non-hydrogen) atoms. The summed E-state index contributed by atoms with van der Waals surface area (Å²) < 4.78 is 16.2. The first kappa shape index (κ1) is 16.4. The van der Waals surface area contributed by atoms with Gasteiger partial charge in [-0.1, -0.05) is 6.92 Å². The van der Waals surface area contributed by atoms with Crippen molar-refractivity contribution in [3.05, 3.63) is 0 Å². The normalized spacial score (nSPS) is 23.9. The Morgan fingerprint density at radius 3 is 2.84 bits per heavy atom. The summed E-state index contributed by atoms with van der Waals surface area (Å²) in [7, 11) is 1.41. The largest absolute Gasteiger partial charge is 0.468 e. The van der Waals surface area contributed by atoms with Crippen LogP contribution >= 0.6 is 0 Å². The minimum Gasteiger partial charge on any atom is -0.468 e. The molecule has 1 N–H and O–H groups in total. The Hall–Kier alpha value is -0.650. The molecule has 1 fully saturated rings. The smallest absolute Gasteiger partial charge is 0.325 e. The average Bonchev–Trinajstić information content (AvgIpc) is 2.88. The third-order valence-electron chi connectivity index (χ3n) is 3.49. The van der Waals surface area contributed by atoms with E-state index in [1.54, 1.807) is 0 Å². The number of hydrogen-bond donors (Lipinski definition) is 1. The highest BCUT2D eigenvalue weighted by Gasteiger charge is 2.35. The Morgan fingerprint density at radius 2 is 2.32 bits per heavy atom. The highest BCUT2D eigenvalue weighted by Crippen LogP contribution is 2.18. The summed E-state index contributed by atoms with van der Waals surface area (Å²) in [6.07, 6.45) is 2.95. The van der Waals surface area contributed by atoms with E-state index in [4.69, 9.17) is 14.2 Å². The molecule has 3 atom stereocenters. The van der Waals surface area contributed by atoms with E-state index in [-0.39, 0.29) is 18.2 Å². The summed E-state index contributed by atoms with van der Waals surface area (Å²) in [5.74, 6) is -0.248. The molecule has 0 aliphatic carbocycles. The number of hydrogen-bond acceptors (Lipinski definition) is 5. The molecule has 0 aromatic carbocycles. The first-order chi connectivity index (χ1) is 9.01. The second-order valence-electron chi connectivity index (χ2n) is 5.34. The minimum absolute atomic E-state index is 0.0210. The third kappa shape index (κ3) is 5.09. The molecule has 112 valence electrons. The molecule has 0 aromatic heterocycles. The topological polar surface area (TPSA) is 56.8 Å². The van der Waals surface area contributed by atoms with Gasteiger partial charge in [0.1, 0.15) is 5.54 Å². The van der Waals surface area contributed by atoms with Crippen LogP contribution < -0.4 is 5.32 Å². The van der Waals surface area contributed by atoms with E-state index in [0.717, 1.165) is 19.4 Å². The zero-order valence-electron chi connectivity index (χ0n) is 12.5. The molecule has 5 heteroatoms. The Bertz CT molecular complexity index is 279. The van der Waals surface area contributed by atoms with Gasteiger partial charge in [0.2, 0.25) is 0 Å². The fourth-order valence-electron chi connectivity index (χ4n) is 2.52. The number of carbonyl (C=O) groups excluding carboxylic acids is 1. The van der Waals surface area contributed by atoms with Crippen molar-refractivity contribution in [3.8, 4) is 0 Å². The maximum absolute atomic E-state index is 11.9. The number of ether oxygens (including phenoxy) is 3. The number of methoxy groups -OCH3 is 1. The number of nitrogens with one attached hydrogen (secondary N) is 1. The summed E-state index contributed by atoms with van der Waals surface area (Å²) in [5.41, 5.74) is -0.695. The van der Waals surface area contributed by atoms with Crippen LogP contribution in [0.2, 0.25) is 0 Å². The SMILES string of the molecule is CCNC(C)(CC(C)OCC1CCCO1)C(=O)OC. The van der Waals surface area contributed by atoms with E-state index in [0.29, 0.717) is 19.6 Å². The Balaban J connectivity index is 2.41. The molecule has 1 aliphatic heterocycles. The van der Waals surface area contributed by atoms with E-state index in [1.165, 1.54) is 7.11 Å². The van der Waals surface area contributed by atoms with Crippen LogP contribution in [0.3, 0.4) is 0 Å². The van der Waals surface area contributed by atoms with Gasteiger partial charge in [-0.2, -0.15) is 0 Å². The highest BCUT2D eigenvalue weighted by molar-refractivity contribution is 5.80. The van der Waals surface area contributed by atoms with Crippen LogP contribution in [0.1, 0.15) is 40.0 Å². The van der Waals surface area contributed by atoms with Crippen LogP contribution in [0.15, 0.2) is 0 Å². The molecule has 3 unspecified atom stereocenters. The average molecular weight is 273 g/mol.